The van der Waals surface area contributed by atoms with Crippen molar-refractivity contribution in [2.45, 2.75) is 41.9 Å². The molecule has 1 heterocycles. The first kappa shape index (κ1) is 23.9. The molecule has 1 aliphatic heterocycles. The Morgan fingerprint density at radius 2 is 1.66 bits per heavy atom. The molecule has 0 atom stereocenters. The molecule has 0 spiro atoms. The monoisotopic (exact) mass is 477 g/mol. The number of hydrogen-bond acceptors (Lipinski definition) is 6. The van der Waals surface area contributed by atoms with Crippen molar-refractivity contribution in [1.82, 2.24) is 10.0 Å². The highest BCUT2D eigenvalue weighted by molar-refractivity contribution is 7.91. The summed E-state index contributed by atoms with van der Waals surface area (Å²) in [7, 11) is -6.85. The van der Waals surface area contributed by atoms with Gasteiger partial charge in [0.25, 0.3) is 10.0 Å². The predicted molar refractivity (Wildman–Crippen MR) is 123 cm³/mol. The molecule has 2 aromatic rings. The molecule has 0 aromatic heterocycles. The van der Waals surface area contributed by atoms with Crippen LogP contribution in [0.3, 0.4) is 0 Å². The molecule has 2 aromatic carbocycles. The molecular formula is C22H27N3O5S2. The number of nitrogens with one attached hydrogen (secondary N) is 2. The molecule has 0 saturated carbocycles. The molecule has 0 unspecified atom stereocenters. The normalized spacial score (nSPS) is 15.8. The molecule has 1 amide bonds. The molecule has 0 aliphatic carbocycles. The fraction of sp³-hybridized carbons (Fsp3) is 0.364. The summed E-state index contributed by atoms with van der Waals surface area (Å²) >= 11 is 0. The molecule has 3 rings (SSSR count). The average Bonchev–Trinajstić information content (AvgIpc) is 3.04. The summed E-state index contributed by atoms with van der Waals surface area (Å²) in [6.45, 7) is 0.781. The van der Waals surface area contributed by atoms with Gasteiger partial charge in [0.15, 0.2) is 9.84 Å². The molecule has 0 fully saturated rings. The van der Waals surface area contributed by atoms with Crippen LogP contribution in [0.25, 0.3) is 0 Å². The van der Waals surface area contributed by atoms with Gasteiger partial charge in [-0.3, -0.25) is 14.5 Å². The number of nitrogens with zero attached hydrogens (tertiary/aromatic N) is 1. The zero-order valence-corrected chi connectivity index (χ0v) is 19.3. The van der Waals surface area contributed by atoms with Crippen LogP contribution >= 0.6 is 0 Å². The Kier molecular flexibility index (Phi) is 8.03. The van der Waals surface area contributed by atoms with Crippen LogP contribution in [0.2, 0.25) is 0 Å². The van der Waals surface area contributed by atoms with Crippen LogP contribution in [-0.4, -0.2) is 47.4 Å². The van der Waals surface area contributed by atoms with Crippen LogP contribution in [0, 0.1) is 0 Å². The third-order valence-electron chi connectivity index (χ3n) is 5.01. The average molecular weight is 478 g/mol. The smallest absolute Gasteiger partial charge is 0.263 e. The number of carbonyl (C=O) groups excluding carboxylic acids is 1. The first-order chi connectivity index (χ1) is 15.3. The lowest BCUT2D eigenvalue weighted by Crippen LogP contribution is -2.25. The standard InChI is InChI=1S/C22H27N3O5S2/c26-21(23-16-9-17-31(27,28)18-10-3-1-4-11-18)14-5-2-8-15-24-22-19-12-6-7-13-20(19)32(29,30)25-22/h1,3-4,6-7,10-13H,2,5,8-9,14-17H2,(H,23,26)(H,24,25). The Labute approximate surface area is 189 Å². The van der Waals surface area contributed by atoms with Crippen molar-refractivity contribution in [1.29, 1.82) is 0 Å². The summed E-state index contributed by atoms with van der Waals surface area (Å²) in [5.74, 6) is 0.250. The van der Waals surface area contributed by atoms with E-state index in [0.717, 1.165) is 12.8 Å². The van der Waals surface area contributed by atoms with Crippen molar-refractivity contribution in [3.63, 3.8) is 0 Å². The number of amides is 1. The first-order valence-electron chi connectivity index (χ1n) is 10.5. The quantitative estimate of drug-likeness (QED) is 0.481. The SMILES string of the molecule is O=C(CCCCCN=C1NS(=O)(=O)c2ccccc21)NCCCS(=O)(=O)c1ccccc1. The van der Waals surface area contributed by atoms with Gasteiger partial charge < -0.3 is 5.32 Å². The van der Waals surface area contributed by atoms with E-state index >= 15 is 0 Å². The van der Waals surface area contributed by atoms with Gasteiger partial charge in [-0.05, 0) is 43.5 Å². The molecule has 2 N–H and O–H groups in total. The van der Waals surface area contributed by atoms with Crippen LogP contribution < -0.4 is 10.0 Å². The Bertz CT molecular complexity index is 1180. The second kappa shape index (κ2) is 10.7. The van der Waals surface area contributed by atoms with E-state index in [1.807, 2.05) is 0 Å². The van der Waals surface area contributed by atoms with Gasteiger partial charge in [0.1, 0.15) is 5.84 Å². The Morgan fingerprint density at radius 1 is 0.938 bits per heavy atom. The van der Waals surface area contributed by atoms with Gasteiger partial charge in [0, 0.05) is 25.1 Å². The zero-order valence-electron chi connectivity index (χ0n) is 17.7. The number of rotatable bonds is 11. The lowest BCUT2D eigenvalue weighted by molar-refractivity contribution is -0.121. The first-order valence-corrected chi connectivity index (χ1v) is 13.6. The van der Waals surface area contributed by atoms with E-state index in [4.69, 9.17) is 0 Å². The van der Waals surface area contributed by atoms with Crippen molar-refractivity contribution in [2.24, 2.45) is 4.99 Å². The van der Waals surface area contributed by atoms with Crippen molar-refractivity contribution in [3.05, 3.63) is 60.2 Å². The van der Waals surface area contributed by atoms with E-state index in [0.29, 0.717) is 48.6 Å². The Morgan fingerprint density at radius 3 is 2.44 bits per heavy atom. The minimum absolute atomic E-state index is 0.00941. The van der Waals surface area contributed by atoms with Gasteiger partial charge in [-0.1, -0.05) is 36.8 Å². The number of aliphatic imine (C=N–C) groups is 1. The van der Waals surface area contributed by atoms with Gasteiger partial charge in [-0.25, -0.2) is 16.8 Å². The molecular weight excluding hydrogens is 450 g/mol. The molecule has 32 heavy (non-hydrogen) atoms. The maximum atomic E-state index is 12.2. The maximum Gasteiger partial charge on any atom is 0.263 e. The minimum Gasteiger partial charge on any atom is -0.356 e. The van der Waals surface area contributed by atoms with Crippen LogP contribution in [0.1, 0.15) is 37.7 Å². The molecule has 0 saturated heterocycles. The highest BCUT2D eigenvalue weighted by atomic mass is 32.2. The molecule has 1 aliphatic rings. The summed E-state index contributed by atoms with van der Waals surface area (Å²) in [6, 6.07) is 15.0. The van der Waals surface area contributed by atoms with E-state index in [1.165, 1.54) is 0 Å². The van der Waals surface area contributed by atoms with Crippen LogP contribution in [0.5, 0.6) is 0 Å². The van der Waals surface area contributed by atoms with E-state index in [2.05, 4.69) is 15.0 Å². The zero-order chi connectivity index (χ0) is 23.0. The van der Waals surface area contributed by atoms with E-state index in [9.17, 15) is 21.6 Å². The van der Waals surface area contributed by atoms with Gasteiger partial charge in [0.05, 0.1) is 15.5 Å². The van der Waals surface area contributed by atoms with Crippen molar-refractivity contribution in [3.8, 4) is 0 Å². The van der Waals surface area contributed by atoms with Gasteiger partial charge in [-0.2, -0.15) is 0 Å². The van der Waals surface area contributed by atoms with Crippen LogP contribution in [0.15, 0.2) is 69.4 Å². The van der Waals surface area contributed by atoms with Crippen molar-refractivity contribution < 1.29 is 21.6 Å². The summed E-state index contributed by atoms with van der Waals surface area (Å²) in [5, 5.41) is 2.75. The lowest BCUT2D eigenvalue weighted by atomic mass is 10.2. The molecule has 172 valence electrons. The number of hydrogen-bond donors (Lipinski definition) is 2. The van der Waals surface area contributed by atoms with E-state index in [1.54, 1.807) is 54.6 Å². The summed E-state index contributed by atoms with van der Waals surface area (Å²) in [6.07, 6.45) is 2.91. The van der Waals surface area contributed by atoms with Crippen LogP contribution in [0.4, 0.5) is 0 Å². The second-order valence-electron chi connectivity index (χ2n) is 7.48. The number of sulfonamides is 1. The van der Waals surface area contributed by atoms with Crippen molar-refractivity contribution >= 4 is 31.6 Å². The third-order valence-corrected chi connectivity index (χ3v) is 8.22. The highest BCUT2D eigenvalue weighted by Crippen LogP contribution is 2.22. The fourth-order valence-corrected chi connectivity index (χ4v) is 5.92. The molecule has 10 heteroatoms. The second-order valence-corrected chi connectivity index (χ2v) is 11.2. The number of unbranched alkanes of at least 4 members (excludes halogenated alkanes) is 2. The number of carbonyl (C=O) groups is 1. The molecule has 8 nitrogen and oxygen atoms in total. The lowest BCUT2D eigenvalue weighted by Gasteiger charge is -2.06. The molecule has 0 radical (unpaired) electrons. The summed E-state index contributed by atoms with van der Waals surface area (Å²) in [5.41, 5.74) is 0.584. The van der Waals surface area contributed by atoms with Gasteiger partial charge >= 0.3 is 0 Å². The maximum absolute atomic E-state index is 12.2. The van der Waals surface area contributed by atoms with Crippen LogP contribution in [-0.2, 0) is 24.7 Å². The summed E-state index contributed by atoms with van der Waals surface area (Å²) < 4.78 is 50.9. The van der Waals surface area contributed by atoms with Gasteiger partial charge in [-0.15, -0.1) is 0 Å². The van der Waals surface area contributed by atoms with E-state index in [-0.39, 0.29) is 16.6 Å². The third kappa shape index (κ3) is 6.39. The number of sulfone groups is 1. The number of benzene rings is 2. The van der Waals surface area contributed by atoms with Crippen molar-refractivity contribution in [2.75, 3.05) is 18.8 Å². The van der Waals surface area contributed by atoms with Gasteiger partial charge in [0.2, 0.25) is 5.91 Å². The number of amidine groups is 1. The predicted octanol–water partition coefficient (Wildman–Crippen LogP) is 2.27. The number of fused-ring (bicyclic) bond motifs is 1. The largest absolute Gasteiger partial charge is 0.356 e. The summed E-state index contributed by atoms with van der Waals surface area (Å²) in [4.78, 5) is 16.8. The van der Waals surface area contributed by atoms with E-state index < -0.39 is 19.9 Å². The Hall–Kier alpha value is -2.72. The fourth-order valence-electron chi connectivity index (χ4n) is 3.34. The minimum atomic E-state index is -3.52. The molecule has 0 bridgehead atoms. The topological polar surface area (TPSA) is 122 Å². The highest BCUT2D eigenvalue weighted by Gasteiger charge is 2.29. The Balaban J connectivity index is 1.30.